The fraction of sp³-hybridized carbons (Fsp3) is 0.345. The third-order valence-corrected chi connectivity index (χ3v) is 7.84. The molecule has 190 valence electrons. The van der Waals surface area contributed by atoms with Gasteiger partial charge in [0.15, 0.2) is 20.7 Å². The van der Waals surface area contributed by atoms with Gasteiger partial charge in [0.05, 0.1) is 25.3 Å². The highest BCUT2D eigenvalue weighted by molar-refractivity contribution is 7.98. The lowest BCUT2D eigenvalue weighted by Crippen LogP contribution is -2.24. The van der Waals surface area contributed by atoms with E-state index < -0.39 is 15.3 Å². The number of hydrogen-bond acceptors (Lipinski definition) is 5. The lowest BCUT2D eigenvalue weighted by Gasteiger charge is -2.30. The van der Waals surface area contributed by atoms with Crippen LogP contribution >= 0.6 is 11.8 Å². The molecule has 1 aromatic heterocycles. The molecule has 4 rings (SSSR count). The summed E-state index contributed by atoms with van der Waals surface area (Å²) in [6, 6.07) is 17.9. The van der Waals surface area contributed by atoms with Crippen molar-refractivity contribution in [3.63, 3.8) is 0 Å². The number of pyridine rings is 1. The molecular formula is C29H35NO4SSi. The zero-order valence-electron chi connectivity index (χ0n) is 22.3. The highest BCUT2D eigenvalue weighted by atomic mass is 32.2. The highest BCUT2D eigenvalue weighted by Gasteiger charge is 2.28. The zero-order valence-corrected chi connectivity index (χ0v) is 24.3. The number of para-hydroxylation sites is 1. The van der Waals surface area contributed by atoms with Gasteiger partial charge in [-0.25, -0.2) is 0 Å². The van der Waals surface area contributed by atoms with Crippen molar-refractivity contribution >= 4 is 42.6 Å². The largest absolute Gasteiger partial charge is 0.496 e. The van der Waals surface area contributed by atoms with Gasteiger partial charge >= 0.3 is 0 Å². The predicted octanol–water partition coefficient (Wildman–Crippen LogP) is 6.74. The molecule has 0 saturated carbocycles. The van der Waals surface area contributed by atoms with Crippen molar-refractivity contribution in [3.05, 3.63) is 75.9 Å². The van der Waals surface area contributed by atoms with Gasteiger partial charge in [-0.2, -0.15) is 0 Å². The van der Waals surface area contributed by atoms with Crippen molar-refractivity contribution in [2.45, 2.75) is 50.4 Å². The third kappa shape index (κ3) is 4.79. The average Bonchev–Trinajstić information content (AvgIpc) is 2.86. The summed E-state index contributed by atoms with van der Waals surface area (Å²) in [5, 5.41) is 1.35. The molecule has 1 heterocycles. The van der Waals surface area contributed by atoms with E-state index in [1.807, 2.05) is 42.7 Å². The first-order chi connectivity index (χ1) is 17.1. The molecule has 0 amide bonds. The third-order valence-electron chi connectivity index (χ3n) is 6.32. The number of methoxy groups -OCH3 is 2. The molecule has 4 aromatic rings. The molecule has 1 atom stereocenters. The first-order valence-electron chi connectivity index (χ1n) is 12.1. The van der Waals surface area contributed by atoms with Gasteiger partial charge in [0.25, 0.3) is 0 Å². The van der Waals surface area contributed by atoms with Crippen molar-refractivity contribution in [2.75, 3.05) is 20.5 Å². The maximum Gasteiger partial charge on any atom is 0.197 e. The second kappa shape index (κ2) is 10.3. The van der Waals surface area contributed by atoms with Gasteiger partial charge < -0.3 is 18.5 Å². The Morgan fingerprint density at radius 2 is 1.50 bits per heavy atom. The Morgan fingerprint density at radius 1 is 0.889 bits per heavy atom. The molecule has 0 fully saturated rings. The quantitative estimate of drug-likeness (QED) is 0.153. The van der Waals surface area contributed by atoms with Crippen molar-refractivity contribution < 1.29 is 13.9 Å². The van der Waals surface area contributed by atoms with E-state index in [1.54, 1.807) is 26.0 Å². The lowest BCUT2D eigenvalue weighted by molar-refractivity contribution is 0.184. The first kappa shape index (κ1) is 26.3. The SMILES string of the molecule is COc1cc(C(O[SiH](C)C)n2c3ccccc3c(=O)c3ccc(SC)cc32)cc(OC)c1C(C)(C)C. The maximum absolute atomic E-state index is 13.5. The van der Waals surface area contributed by atoms with Gasteiger partial charge in [0, 0.05) is 26.8 Å². The van der Waals surface area contributed by atoms with Crippen LogP contribution < -0.4 is 14.9 Å². The molecule has 0 aliphatic rings. The van der Waals surface area contributed by atoms with E-state index in [9.17, 15) is 4.79 Å². The van der Waals surface area contributed by atoms with Crippen LogP contribution in [0.25, 0.3) is 21.8 Å². The summed E-state index contributed by atoms with van der Waals surface area (Å²) in [4.78, 5) is 14.6. The number of rotatable bonds is 7. The summed E-state index contributed by atoms with van der Waals surface area (Å²) in [7, 11) is 1.84. The molecule has 0 spiro atoms. The first-order valence-corrected chi connectivity index (χ1v) is 16.1. The summed E-state index contributed by atoms with van der Waals surface area (Å²) in [5.41, 5.74) is 3.47. The summed E-state index contributed by atoms with van der Waals surface area (Å²) in [6.07, 6.45) is 1.58. The van der Waals surface area contributed by atoms with Crippen LogP contribution in [0.5, 0.6) is 11.5 Å². The normalized spacial score (nSPS) is 12.9. The minimum Gasteiger partial charge on any atom is -0.496 e. The number of nitrogens with zero attached hydrogens (tertiary/aromatic N) is 1. The Bertz CT molecular complexity index is 1450. The average molecular weight is 522 g/mol. The molecule has 0 N–H and O–H groups in total. The fourth-order valence-corrected chi connectivity index (χ4v) is 6.02. The minimum absolute atomic E-state index is 0.0308. The van der Waals surface area contributed by atoms with Crippen LogP contribution in [0.2, 0.25) is 13.1 Å². The Balaban J connectivity index is 2.14. The molecule has 0 aliphatic carbocycles. The molecule has 7 heteroatoms. The lowest BCUT2D eigenvalue weighted by atomic mass is 9.84. The van der Waals surface area contributed by atoms with Crippen LogP contribution in [0.3, 0.4) is 0 Å². The van der Waals surface area contributed by atoms with Gasteiger partial charge in [0.2, 0.25) is 0 Å². The van der Waals surface area contributed by atoms with E-state index in [4.69, 9.17) is 13.9 Å². The number of fused-ring (bicyclic) bond motifs is 2. The molecule has 3 aromatic carbocycles. The Hall–Kier alpha value is -2.74. The van der Waals surface area contributed by atoms with E-state index in [0.29, 0.717) is 10.8 Å². The van der Waals surface area contributed by atoms with Crippen LogP contribution in [-0.4, -0.2) is 34.1 Å². The van der Waals surface area contributed by atoms with E-state index in [1.165, 1.54) is 0 Å². The number of aromatic nitrogens is 1. The van der Waals surface area contributed by atoms with Gasteiger partial charge in [0.1, 0.15) is 11.5 Å². The molecule has 1 unspecified atom stereocenters. The number of benzene rings is 3. The topological polar surface area (TPSA) is 49.7 Å². The van der Waals surface area contributed by atoms with Gasteiger partial charge in [-0.3, -0.25) is 4.79 Å². The molecule has 0 aliphatic heterocycles. The van der Waals surface area contributed by atoms with Crippen molar-refractivity contribution in [1.29, 1.82) is 0 Å². The van der Waals surface area contributed by atoms with Crippen LogP contribution in [0.4, 0.5) is 0 Å². The van der Waals surface area contributed by atoms with Crippen LogP contribution in [-0.2, 0) is 9.84 Å². The van der Waals surface area contributed by atoms with Gasteiger partial charge in [-0.1, -0.05) is 32.9 Å². The van der Waals surface area contributed by atoms with Crippen LogP contribution in [0.1, 0.15) is 38.1 Å². The zero-order chi connectivity index (χ0) is 26.2. The van der Waals surface area contributed by atoms with Crippen LogP contribution in [0.15, 0.2) is 64.3 Å². The molecule has 0 saturated heterocycles. The summed E-state index contributed by atoms with van der Waals surface area (Å²) < 4.78 is 20.7. The monoisotopic (exact) mass is 521 g/mol. The van der Waals surface area contributed by atoms with Crippen LogP contribution in [0, 0.1) is 0 Å². The van der Waals surface area contributed by atoms with Crippen molar-refractivity contribution in [2.24, 2.45) is 0 Å². The Labute approximate surface area is 219 Å². The highest BCUT2D eigenvalue weighted by Crippen LogP contribution is 2.42. The summed E-state index contributed by atoms with van der Waals surface area (Å²) in [6.45, 7) is 10.8. The van der Waals surface area contributed by atoms with E-state index in [-0.39, 0.29) is 10.8 Å². The second-order valence-corrected chi connectivity index (χ2v) is 13.4. The van der Waals surface area contributed by atoms with Crippen molar-refractivity contribution in [3.8, 4) is 11.5 Å². The summed E-state index contributed by atoms with van der Waals surface area (Å²) in [5.74, 6) is 1.52. The molecule has 0 bridgehead atoms. The smallest absolute Gasteiger partial charge is 0.197 e. The van der Waals surface area contributed by atoms with Gasteiger partial charge in [-0.05, 0) is 67.2 Å². The number of ether oxygens (including phenoxy) is 2. The summed E-state index contributed by atoms with van der Waals surface area (Å²) >= 11 is 1.65. The number of hydrogen-bond donors (Lipinski definition) is 0. The maximum atomic E-state index is 13.5. The Kier molecular flexibility index (Phi) is 7.55. The molecule has 0 radical (unpaired) electrons. The van der Waals surface area contributed by atoms with E-state index in [2.05, 4.69) is 56.6 Å². The van der Waals surface area contributed by atoms with E-state index >= 15 is 0 Å². The van der Waals surface area contributed by atoms with Gasteiger partial charge in [-0.15, -0.1) is 11.8 Å². The predicted molar refractivity (Wildman–Crippen MR) is 154 cm³/mol. The Morgan fingerprint density at radius 3 is 2.06 bits per heavy atom. The molecule has 5 nitrogen and oxygen atoms in total. The minimum atomic E-state index is -1.54. The molecular weight excluding hydrogens is 486 g/mol. The van der Waals surface area contributed by atoms with Crippen molar-refractivity contribution in [1.82, 2.24) is 4.57 Å². The molecule has 36 heavy (non-hydrogen) atoms. The standard InChI is InChI=1S/C29H35NO4SSi/c1-29(2,3)26-24(32-4)15-18(16-25(26)33-5)28(34-36(7)8)30-22-12-10-9-11-20(22)27(31)21-14-13-19(35-6)17-23(21)30/h9-17,28,36H,1-8H3. The fourth-order valence-electron chi connectivity index (χ4n) is 4.79. The number of thioether (sulfide) groups is 1. The van der Waals surface area contributed by atoms with E-state index in [0.717, 1.165) is 38.6 Å². The second-order valence-electron chi connectivity index (χ2n) is 10.2.